The van der Waals surface area contributed by atoms with Crippen LogP contribution in [0, 0.1) is 12.7 Å². The van der Waals surface area contributed by atoms with E-state index in [1.54, 1.807) is 6.07 Å². The van der Waals surface area contributed by atoms with Crippen LogP contribution < -0.4 is 11.3 Å². The lowest BCUT2D eigenvalue weighted by molar-refractivity contribution is 0.0570. The first-order chi connectivity index (χ1) is 9.02. The molecule has 3 N–H and O–H groups in total. The van der Waals surface area contributed by atoms with E-state index in [2.05, 4.69) is 5.43 Å². The van der Waals surface area contributed by atoms with Crippen molar-refractivity contribution in [3.63, 3.8) is 0 Å². The van der Waals surface area contributed by atoms with E-state index in [4.69, 9.17) is 15.0 Å². The number of hydrazine groups is 1. The topological polar surface area (TPSA) is 60.4 Å². The van der Waals surface area contributed by atoms with E-state index < -0.39 is 0 Å². The highest BCUT2D eigenvalue weighted by atomic mass is 19.1. The third-order valence-corrected chi connectivity index (χ3v) is 3.05. The van der Waals surface area contributed by atoms with Gasteiger partial charge in [-0.2, -0.15) is 0 Å². The van der Waals surface area contributed by atoms with Crippen molar-refractivity contribution in [1.29, 1.82) is 0 Å². The Hall–Kier alpha value is -1.43. The molecule has 0 aliphatic rings. The minimum absolute atomic E-state index is 0.109. The number of fused-ring (bicyclic) bond motifs is 1. The van der Waals surface area contributed by atoms with Gasteiger partial charge in [-0.1, -0.05) is 0 Å². The van der Waals surface area contributed by atoms with Gasteiger partial charge in [0.15, 0.2) is 0 Å². The van der Waals surface area contributed by atoms with Crippen LogP contribution in [0.3, 0.4) is 0 Å². The van der Waals surface area contributed by atoms with Gasteiger partial charge >= 0.3 is 0 Å². The monoisotopic (exact) mass is 266 g/mol. The molecule has 0 bridgehead atoms. The summed E-state index contributed by atoms with van der Waals surface area (Å²) in [5.41, 5.74) is 4.21. The van der Waals surface area contributed by atoms with Crippen LogP contribution in [0.25, 0.3) is 11.0 Å². The van der Waals surface area contributed by atoms with Gasteiger partial charge in [0.2, 0.25) is 0 Å². The molecule has 0 radical (unpaired) electrons. The Labute approximate surface area is 111 Å². The molecule has 1 aromatic carbocycles. The zero-order chi connectivity index (χ0) is 14.0. The zero-order valence-electron chi connectivity index (χ0n) is 11.4. The number of aryl methyl sites for hydroxylation is 1. The van der Waals surface area contributed by atoms with Crippen molar-refractivity contribution >= 4 is 11.0 Å². The van der Waals surface area contributed by atoms with E-state index in [-0.39, 0.29) is 18.0 Å². The molecule has 2 aromatic rings. The summed E-state index contributed by atoms with van der Waals surface area (Å²) in [4.78, 5) is 0. The first kappa shape index (κ1) is 14.0. The molecule has 4 nitrogen and oxygen atoms in total. The molecule has 0 spiro atoms. The number of ether oxygens (including phenoxy) is 1. The lowest BCUT2D eigenvalue weighted by Crippen LogP contribution is -2.32. The molecule has 5 heteroatoms. The molecule has 2 rings (SSSR count). The second kappa shape index (κ2) is 5.69. The third-order valence-electron chi connectivity index (χ3n) is 3.05. The minimum atomic E-state index is -0.279. The molecular formula is C14H19FN2O2. The van der Waals surface area contributed by atoms with Crippen LogP contribution in [0.5, 0.6) is 0 Å². The highest BCUT2D eigenvalue weighted by Gasteiger charge is 2.20. The Kier molecular flexibility index (Phi) is 4.19. The molecule has 1 aromatic heterocycles. The Bertz CT molecular complexity index is 566. The summed E-state index contributed by atoms with van der Waals surface area (Å²) in [6, 6.07) is 4.22. The average Bonchev–Trinajstić information content (AvgIpc) is 2.68. The zero-order valence-corrected chi connectivity index (χ0v) is 11.4. The fourth-order valence-corrected chi connectivity index (χ4v) is 2.03. The summed E-state index contributed by atoms with van der Waals surface area (Å²) >= 11 is 0. The highest BCUT2D eigenvalue weighted by Crippen LogP contribution is 2.30. The molecule has 104 valence electrons. The SMILES string of the molecule is Cc1c(C(COC(C)C)NN)oc2ccc(F)cc12. The second-order valence-electron chi connectivity index (χ2n) is 4.83. The predicted octanol–water partition coefficient (Wildman–Crippen LogP) is 2.81. The molecule has 0 fully saturated rings. The number of furan rings is 1. The summed E-state index contributed by atoms with van der Waals surface area (Å²) in [5, 5.41) is 0.764. The van der Waals surface area contributed by atoms with Crippen LogP contribution in [0.4, 0.5) is 4.39 Å². The van der Waals surface area contributed by atoms with Gasteiger partial charge in [-0.05, 0) is 39.0 Å². The maximum absolute atomic E-state index is 13.3. The summed E-state index contributed by atoms with van der Waals surface area (Å²) in [7, 11) is 0. The normalized spacial score (nSPS) is 13.4. The molecule has 1 unspecified atom stereocenters. The number of nitrogens with one attached hydrogen (secondary N) is 1. The predicted molar refractivity (Wildman–Crippen MR) is 72.1 cm³/mol. The Morgan fingerprint density at radius 2 is 2.16 bits per heavy atom. The van der Waals surface area contributed by atoms with Gasteiger partial charge < -0.3 is 9.15 Å². The largest absolute Gasteiger partial charge is 0.459 e. The van der Waals surface area contributed by atoms with Crippen molar-refractivity contribution in [2.24, 2.45) is 5.84 Å². The lowest BCUT2D eigenvalue weighted by Gasteiger charge is -2.16. The number of nitrogens with two attached hydrogens (primary N) is 1. The molecule has 0 aliphatic heterocycles. The summed E-state index contributed by atoms with van der Waals surface area (Å²) in [6.07, 6.45) is 0.109. The van der Waals surface area contributed by atoms with Crippen molar-refractivity contribution in [2.75, 3.05) is 6.61 Å². The maximum Gasteiger partial charge on any atom is 0.134 e. The van der Waals surface area contributed by atoms with Crippen molar-refractivity contribution in [2.45, 2.75) is 32.9 Å². The summed E-state index contributed by atoms with van der Waals surface area (Å²) in [6.45, 7) is 6.19. The molecular weight excluding hydrogens is 247 g/mol. The molecule has 19 heavy (non-hydrogen) atoms. The van der Waals surface area contributed by atoms with Crippen LogP contribution in [0.1, 0.15) is 31.2 Å². The minimum Gasteiger partial charge on any atom is -0.459 e. The fourth-order valence-electron chi connectivity index (χ4n) is 2.03. The summed E-state index contributed by atoms with van der Waals surface area (Å²) < 4.78 is 24.6. The molecule has 1 heterocycles. The van der Waals surface area contributed by atoms with E-state index >= 15 is 0 Å². The fraction of sp³-hybridized carbons (Fsp3) is 0.429. The summed E-state index contributed by atoms with van der Waals surface area (Å²) in [5.74, 6) is 5.95. The van der Waals surface area contributed by atoms with Crippen LogP contribution in [0.2, 0.25) is 0 Å². The second-order valence-corrected chi connectivity index (χ2v) is 4.83. The van der Waals surface area contributed by atoms with Gasteiger partial charge in [0.25, 0.3) is 0 Å². The van der Waals surface area contributed by atoms with E-state index in [9.17, 15) is 4.39 Å². The van der Waals surface area contributed by atoms with Crippen molar-refractivity contribution in [1.82, 2.24) is 5.43 Å². The Morgan fingerprint density at radius 3 is 2.79 bits per heavy atom. The van der Waals surface area contributed by atoms with Crippen LogP contribution in [-0.4, -0.2) is 12.7 Å². The number of hydrogen-bond donors (Lipinski definition) is 2. The van der Waals surface area contributed by atoms with Gasteiger partial charge in [0.1, 0.15) is 23.2 Å². The van der Waals surface area contributed by atoms with E-state index in [1.165, 1.54) is 12.1 Å². The lowest BCUT2D eigenvalue weighted by atomic mass is 10.1. The van der Waals surface area contributed by atoms with Crippen LogP contribution >= 0.6 is 0 Å². The van der Waals surface area contributed by atoms with Gasteiger partial charge in [-0.15, -0.1) is 0 Å². The first-order valence-corrected chi connectivity index (χ1v) is 6.29. The molecule has 0 saturated carbocycles. The van der Waals surface area contributed by atoms with Crippen LogP contribution in [0.15, 0.2) is 22.6 Å². The van der Waals surface area contributed by atoms with Crippen molar-refractivity contribution < 1.29 is 13.5 Å². The Morgan fingerprint density at radius 1 is 1.42 bits per heavy atom. The quantitative estimate of drug-likeness (QED) is 0.645. The highest BCUT2D eigenvalue weighted by molar-refractivity contribution is 5.82. The molecule has 1 atom stereocenters. The molecule has 0 saturated heterocycles. The van der Waals surface area contributed by atoms with Crippen LogP contribution in [-0.2, 0) is 4.74 Å². The molecule has 0 amide bonds. The standard InChI is InChI=1S/C14H19FN2O2/c1-8(2)18-7-12(17-16)14-9(3)11-6-10(15)4-5-13(11)19-14/h4-6,8,12,17H,7,16H2,1-3H3. The molecule has 0 aliphatic carbocycles. The van der Waals surface area contributed by atoms with Gasteiger partial charge in [-0.25, -0.2) is 9.82 Å². The van der Waals surface area contributed by atoms with Gasteiger partial charge in [0.05, 0.1) is 12.7 Å². The van der Waals surface area contributed by atoms with Gasteiger partial charge in [-0.3, -0.25) is 5.84 Å². The number of hydrogen-bond acceptors (Lipinski definition) is 4. The van der Waals surface area contributed by atoms with E-state index in [1.807, 2.05) is 20.8 Å². The maximum atomic E-state index is 13.3. The number of benzene rings is 1. The van der Waals surface area contributed by atoms with E-state index in [0.717, 1.165) is 10.9 Å². The third kappa shape index (κ3) is 2.94. The van der Waals surface area contributed by atoms with Gasteiger partial charge in [0, 0.05) is 10.9 Å². The Balaban J connectivity index is 2.34. The van der Waals surface area contributed by atoms with E-state index in [0.29, 0.717) is 18.0 Å². The number of rotatable bonds is 5. The van der Waals surface area contributed by atoms with Crippen molar-refractivity contribution in [3.8, 4) is 0 Å². The first-order valence-electron chi connectivity index (χ1n) is 6.29. The smallest absolute Gasteiger partial charge is 0.134 e. The van der Waals surface area contributed by atoms with Crippen molar-refractivity contribution in [3.05, 3.63) is 35.3 Å². The average molecular weight is 266 g/mol. The number of halogens is 1.